The summed E-state index contributed by atoms with van der Waals surface area (Å²) in [5, 5.41) is 0. The molecule has 0 fully saturated rings. The number of nitrogens with two attached hydrogens (primary N) is 1. The molecule has 0 aromatic carbocycles. The first kappa shape index (κ1) is 9.21. The molecular formula is C6H10NNaO. The van der Waals surface area contributed by atoms with Crippen molar-refractivity contribution in [3.05, 3.63) is 11.8 Å². The first-order valence-electron chi connectivity index (χ1n) is 2.78. The van der Waals surface area contributed by atoms with E-state index in [1.807, 2.05) is 0 Å². The van der Waals surface area contributed by atoms with Crippen molar-refractivity contribution in [3.8, 4) is 0 Å². The SMILES string of the molecule is NC1=CC(=O)CCC1.[NaH]. The van der Waals surface area contributed by atoms with Crippen LogP contribution in [0.2, 0.25) is 0 Å². The van der Waals surface area contributed by atoms with Gasteiger partial charge in [-0.05, 0) is 18.9 Å². The van der Waals surface area contributed by atoms with Crippen LogP contribution in [0.25, 0.3) is 0 Å². The minimum atomic E-state index is 0. The van der Waals surface area contributed by atoms with Crippen LogP contribution in [-0.4, -0.2) is 35.3 Å². The van der Waals surface area contributed by atoms with Crippen molar-refractivity contribution >= 4 is 35.3 Å². The molecule has 3 heteroatoms. The molecule has 0 unspecified atom stereocenters. The molecule has 0 atom stereocenters. The Labute approximate surface area is 76.8 Å². The maximum atomic E-state index is 10.5. The van der Waals surface area contributed by atoms with Crippen LogP contribution in [0, 0.1) is 0 Å². The van der Waals surface area contributed by atoms with Crippen LogP contribution in [0.4, 0.5) is 0 Å². The number of ketones is 1. The molecule has 1 aliphatic carbocycles. The van der Waals surface area contributed by atoms with Crippen molar-refractivity contribution in [1.82, 2.24) is 0 Å². The topological polar surface area (TPSA) is 43.1 Å². The molecule has 0 aromatic heterocycles. The molecule has 0 radical (unpaired) electrons. The zero-order valence-corrected chi connectivity index (χ0v) is 4.68. The van der Waals surface area contributed by atoms with Crippen molar-refractivity contribution < 1.29 is 4.79 Å². The van der Waals surface area contributed by atoms with Crippen LogP contribution in [0.3, 0.4) is 0 Å². The van der Waals surface area contributed by atoms with Crippen LogP contribution in [0.15, 0.2) is 11.8 Å². The first-order valence-corrected chi connectivity index (χ1v) is 2.78. The van der Waals surface area contributed by atoms with Crippen molar-refractivity contribution in [2.24, 2.45) is 5.73 Å². The van der Waals surface area contributed by atoms with Crippen LogP contribution < -0.4 is 5.73 Å². The molecule has 0 spiro atoms. The second-order valence-electron chi connectivity index (χ2n) is 2.04. The molecule has 0 amide bonds. The Morgan fingerprint density at radius 1 is 1.44 bits per heavy atom. The summed E-state index contributed by atoms with van der Waals surface area (Å²) >= 11 is 0. The fraction of sp³-hybridized carbons (Fsp3) is 0.500. The van der Waals surface area contributed by atoms with E-state index in [0.717, 1.165) is 18.5 Å². The Balaban J connectivity index is 0.000000640. The molecule has 0 aliphatic heterocycles. The first-order chi connectivity index (χ1) is 3.79. The molecule has 2 nitrogen and oxygen atoms in total. The van der Waals surface area contributed by atoms with E-state index in [9.17, 15) is 4.79 Å². The second kappa shape index (κ2) is 4.09. The molecule has 0 saturated carbocycles. The minimum absolute atomic E-state index is 0. The second-order valence-corrected chi connectivity index (χ2v) is 2.04. The van der Waals surface area contributed by atoms with Gasteiger partial charge < -0.3 is 5.73 Å². The number of rotatable bonds is 0. The molecule has 1 aliphatic rings. The van der Waals surface area contributed by atoms with Gasteiger partial charge >= 0.3 is 29.6 Å². The zero-order chi connectivity index (χ0) is 5.98. The summed E-state index contributed by atoms with van der Waals surface area (Å²) in [5.41, 5.74) is 6.10. The van der Waals surface area contributed by atoms with Crippen LogP contribution in [0.1, 0.15) is 19.3 Å². The summed E-state index contributed by atoms with van der Waals surface area (Å²) in [6.07, 6.45) is 4.04. The maximum absolute atomic E-state index is 10.5. The quantitative estimate of drug-likeness (QED) is 0.472. The van der Waals surface area contributed by atoms with Crippen molar-refractivity contribution in [2.75, 3.05) is 0 Å². The molecule has 0 heterocycles. The fourth-order valence-corrected chi connectivity index (χ4v) is 0.818. The molecule has 0 saturated heterocycles. The monoisotopic (exact) mass is 135 g/mol. The van der Waals surface area contributed by atoms with E-state index in [1.165, 1.54) is 6.08 Å². The summed E-state index contributed by atoms with van der Waals surface area (Å²) in [6, 6.07) is 0. The van der Waals surface area contributed by atoms with Gasteiger partial charge in [-0.3, -0.25) is 4.79 Å². The van der Waals surface area contributed by atoms with E-state index in [-0.39, 0.29) is 35.3 Å². The molecule has 1 rings (SSSR count). The summed E-state index contributed by atoms with van der Waals surface area (Å²) in [4.78, 5) is 10.5. The average molecular weight is 135 g/mol. The third-order valence-electron chi connectivity index (χ3n) is 1.24. The van der Waals surface area contributed by atoms with E-state index in [0.29, 0.717) is 6.42 Å². The van der Waals surface area contributed by atoms with E-state index >= 15 is 0 Å². The molecular weight excluding hydrogens is 125 g/mol. The van der Waals surface area contributed by atoms with E-state index in [4.69, 9.17) is 5.73 Å². The Morgan fingerprint density at radius 2 is 2.11 bits per heavy atom. The average Bonchev–Trinajstić information content (AvgIpc) is 1.64. The number of hydrogen-bond acceptors (Lipinski definition) is 2. The molecule has 2 N–H and O–H groups in total. The predicted molar refractivity (Wildman–Crippen MR) is 38.3 cm³/mol. The van der Waals surface area contributed by atoms with Gasteiger partial charge in [-0.1, -0.05) is 0 Å². The van der Waals surface area contributed by atoms with Crippen molar-refractivity contribution in [1.29, 1.82) is 0 Å². The number of carbonyl (C=O) groups excluding carboxylic acids is 1. The summed E-state index contributed by atoms with van der Waals surface area (Å²) < 4.78 is 0. The Kier molecular flexibility index (Phi) is 4.19. The fourth-order valence-electron chi connectivity index (χ4n) is 0.818. The zero-order valence-electron chi connectivity index (χ0n) is 4.68. The summed E-state index contributed by atoms with van der Waals surface area (Å²) in [7, 11) is 0. The number of hydrogen-bond donors (Lipinski definition) is 1. The van der Waals surface area contributed by atoms with Gasteiger partial charge in [0.15, 0.2) is 5.78 Å². The van der Waals surface area contributed by atoms with Gasteiger partial charge in [0, 0.05) is 12.1 Å². The summed E-state index contributed by atoms with van der Waals surface area (Å²) in [5.74, 6) is 0.175. The third-order valence-corrected chi connectivity index (χ3v) is 1.24. The standard InChI is InChI=1S/C6H9NO.Na.H/c7-5-2-1-3-6(8)4-5;;/h4H,1-3,7H2;;. The van der Waals surface area contributed by atoms with Crippen LogP contribution in [-0.2, 0) is 4.79 Å². The molecule has 0 aromatic rings. The van der Waals surface area contributed by atoms with E-state index < -0.39 is 0 Å². The number of carbonyl (C=O) groups is 1. The molecule has 0 bridgehead atoms. The van der Waals surface area contributed by atoms with E-state index in [1.54, 1.807) is 0 Å². The van der Waals surface area contributed by atoms with Gasteiger partial charge in [0.1, 0.15) is 0 Å². The van der Waals surface area contributed by atoms with E-state index in [2.05, 4.69) is 0 Å². The Hall–Kier alpha value is 0.210. The van der Waals surface area contributed by atoms with Gasteiger partial charge in [0.25, 0.3) is 0 Å². The van der Waals surface area contributed by atoms with Crippen molar-refractivity contribution in [3.63, 3.8) is 0 Å². The third kappa shape index (κ3) is 3.04. The van der Waals surface area contributed by atoms with Crippen molar-refractivity contribution in [2.45, 2.75) is 19.3 Å². The Morgan fingerprint density at radius 3 is 2.44 bits per heavy atom. The van der Waals surface area contributed by atoms with Gasteiger partial charge in [-0.2, -0.15) is 0 Å². The predicted octanol–water partition coefficient (Wildman–Crippen LogP) is -0.0665. The molecule has 9 heavy (non-hydrogen) atoms. The van der Waals surface area contributed by atoms with Gasteiger partial charge in [-0.25, -0.2) is 0 Å². The van der Waals surface area contributed by atoms with Gasteiger partial charge in [0.2, 0.25) is 0 Å². The van der Waals surface area contributed by atoms with Gasteiger partial charge in [0.05, 0.1) is 0 Å². The van der Waals surface area contributed by atoms with Gasteiger partial charge in [-0.15, -0.1) is 0 Å². The van der Waals surface area contributed by atoms with Crippen LogP contribution in [0.5, 0.6) is 0 Å². The Bertz CT molecular complexity index is 142. The number of allylic oxidation sites excluding steroid dienone is 2. The van der Waals surface area contributed by atoms with Crippen LogP contribution >= 0.6 is 0 Å². The summed E-state index contributed by atoms with van der Waals surface area (Å²) in [6.45, 7) is 0. The molecule has 46 valence electrons. The normalized spacial score (nSPS) is 18.2.